The molecule has 8 heteroatoms. The van der Waals surface area contributed by atoms with Gasteiger partial charge in [0, 0.05) is 32.1 Å². The molecule has 1 aromatic heterocycles. The molecule has 0 spiro atoms. The molecule has 0 atom stereocenters. The number of nitrogens with zero attached hydrogens (tertiary/aromatic N) is 2. The van der Waals surface area contributed by atoms with Gasteiger partial charge in [0.1, 0.15) is 5.60 Å². The third kappa shape index (κ3) is 8.72. The van der Waals surface area contributed by atoms with Gasteiger partial charge >= 0.3 is 6.09 Å². The van der Waals surface area contributed by atoms with Crippen LogP contribution in [-0.2, 0) is 11.3 Å². The Morgan fingerprint density at radius 2 is 2.04 bits per heavy atom. The van der Waals surface area contributed by atoms with E-state index >= 15 is 0 Å². The third-order valence-electron chi connectivity index (χ3n) is 3.05. The van der Waals surface area contributed by atoms with Crippen molar-refractivity contribution in [2.24, 2.45) is 4.99 Å². The molecule has 1 amide bonds. The fraction of sp³-hybridized carbons (Fsp3) is 0.625. The summed E-state index contributed by atoms with van der Waals surface area (Å²) in [7, 11) is 3.45. The normalized spacial score (nSPS) is 11.5. The summed E-state index contributed by atoms with van der Waals surface area (Å²) in [4.78, 5) is 18.9. The second-order valence-electron chi connectivity index (χ2n) is 6.28. The van der Waals surface area contributed by atoms with Crippen molar-refractivity contribution in [1.29, 1.82) is 0 Å². The number of nitrogens with one attached hydrogen (secondary N) is 2. The molecule has 1 rings (SSSR count). The monoisotopic (exact) mass is 468 g/mol. The van der Waals surface area contributed by atoms with Crippen LogP contribution in [0.2, 0.25) is 0 Å². The number of hydrogen-bond donors (Lipinski definition) is 2. The smallest absolute Gasteiger partial charge is 0.410 e. The van der Waals surface area contributed by atoms with E-state index in [9.17, 15) is 4.79 Å². The van der Waals surface area contributed by atoms with E-state index in [-0.39, 0.29) is 30.1 Å². The van der Waals surface area contributed by atoms with Crippen molar-refractivity contribution in [3.8, 4) is 0 Å². The molecule has 0 aromatic carbocycles. The lowest BCUT2D eigenvalue weighted by Gasteiger charge is -2.24. The first-order valence-corrected chi connectivity index (χ1v) is 8.52. The number of guanidine groups is 1. The van der Waals surface area contributed by atoms with Gasteiger partial charge in [-0.15, -0.1) is 35.3 Å². The number of amides is 1. The van der Waals surface area contributed by atoms with E-state index in [0.717, 1.165) is 12.5 Å². The number of carbonyl (C=O) groups excluding carboxylic acids is 1. The number of hydrogen-bond acceptors (Lipinski definition) is 4. The average molecular weight is 468 g/mol. The van der Waals surface area contributed by atoms with E-state index < -0.39 is 5.60 Å². The molecule has 0 saturated heterocycles. The highest BCUT2D eigenvalue weighted by molar-refractivity contribution is 14.0. The number of likely N-dealkylation sites (N-methyl/N-ethyl adjacent to an activating group) is 1. The number of halogens is 1. The second kappa shape index (κ2) is 10.8. The minimum absolute atomic E-state index is 0. The Morgan fingerprint density at radius 3 is 2.54 bits per heavy atom. The van der Waals surface area contributed by atoms with Crippen LogP contribution in [0.15, 0.2) is 16.4 Å². The number of thiophene rings is 1. The predicted octanol–water partition coefficient (Wildman–Crippen LogP) is 3.21. The zero-order valence-electron chi connectivity index (χ0n) is 15.3. The summed E-state index contributed by atoms with van der Waals surface area (Å²) in [5.74, 6) is 0.718. The fourth-order valence-corrected chi connectivity index (χ4v) is 2.59. The minimum atomic E-state index is -0.477. The molecule has 1 heterocycles. The molecular formula is C16H29IN4O2S. The van der Waals surface area contributed by atoms with E-state index in [2.05, 4.69) is 34.0 Å². The summed E-state index contributed by atoms with van der Waals surface area (Å²) in [6.07, 6.45) is -0.323. The first-order valence-electron chi connectivity index (χ1n) is 7.64. The largest absolute Gasteiger partial charge is 0.444 e. The highest BCUT2D eigenvalue weighted by atomic mass is 127. The zero-order chi connectivity index (χ0) is 17.5. The predicted molar refractivity (Wildman–Crippen MR) is 112 cm³/mol. The average Bonchev–Trinajstić information content (AvgIpc) is 2.86. The Hall–Kier alpha value is -1.03. The molecule has 0 aliphatic heterocycles. The van der Waals surface area contributed by atoms with Crippen molar-refractivity contribution in [2.45, 2.75) is 39.8 Å². The van der Waals surface area contributed by atoms with Crippen molar-refractivity contribution in [2.75, 3.05) is 27.2 Å². The van der Waals surface area contributed by atoms with Gasteiger partial charge in [0.05, 0.1) is 6.54 Å². The van der Waals surface area contributed by atoms with Crippen molar-refractivity contribution in [3.05, 3.63) is 21.9 Å². The van der Waals surface area contributed by atoms with E-state index in [1.807, 2.05) is 20.8 Å². The highest BCUT2D eigenvalue weighted by Gasteiger charge is 2.19. The summed E-state index contributed by atoms with van der Waals surface area (Å²) >= 11 is 1.73. The minimum Gasteiger partial charge on any atom is -0.444 e. The number of aliphatic imine (C=N–C) groups is 1. The lowest BCUT2D eigenvalue weighted by atomic mass is 10.2. The van der Waals surface area contributed by atoms with Crippen LogP contribution in [0.3, 0.4) is 0 Å². The van der Waals surface area contributed by atoms with Crippen molar-refractivity contribution >= 4 is 47.4 Å². The third-order valence-corrected chi connectivity index (χ3v) is 4.08. The molecule has 0 aliphatic rings. The quantitative estimate of drug-likeness (QED) is 0.396. The summed E-state index contributed by atoms with van der Waals surface area (Å²) in [6, 6.07) is 2.10. The van der Waals surface area contributed by atoms with Gasteiger partial charge in [0.25, 0.3) is 0 Å². The molecule has 138 valence electrons. The highest BCUT2D eigenvalue weighted by Crippen LogP contribution is 2.14. The first-order chi connectivity index (χ1) is 10.7. The van der Waals surface area contributed by atoms with Gasteiger partial charge in [-0.05, 0) is 44.7 Å². The Kier molecular flexibility index (Phi) is 10.3. The molecule has 24 heavy (non-hydrogen) atoms. The Bertz CT molecular complexity index is 540. The molecule has 6 nitrogen and oxygen atoms in total. The maximum Gasteiger partial charge on any atom is 0.410 e. The summed E-state index contributed by atoms with van der Waals surface area (Å²) < 4.78 is 5.31. The summed E-state index contributed by atoms with van der Waals surface area (Å²) in [6.45, 7) is 9.54. The van der Waals surface area contributed by atoms with Gasteiger partial charge in [0.2, 0.25) is 0 Å². The molecule has 0 aliphatic carbocycles. The fourth-order valence-electron chi connectivity index (χ4n) is 1.74. The van der Waals surface area contributed by atoms with Crippen LogP contribution in [0.25, 0.3) is 0 Å². The molecule has 2 N–H and O–H groups in total. The van der Waals surface area contributed by atoms with Gasteiger partial charge in [-0.3, -0.25) is 4.99 Å². The maximum atomic E-state index is 11.9. The lowest BCUT2D eigenvalue weighted by molar-refractivity contribution is 0.0302. The van der Waals surface area contributed by atoms with E-state index in [0.29, 0.717) is 13.1 Å². The van der Waals surface area contributed by atoms with Crippen molar-refractivity contribution in [3.63, 3.8) is 0 Å². The van der Waals surface area contributed by atoms with E-state index in [1.165, 1.54) is 10.4 Å². The van der Waals surface area contributed by atoms with Crippen LogP contribution < -0.4 is 10.6 Å². The molecular weight excluding hydrogens is 439 g/mol. The van der Waals surface area contributed by atoms with Crippen LogP contribution in [0.1, 0.15) is 31.2 Å². The maximum absolute atomic E-state index is 11.9. The molecule has 0 bridgehead atoms. The van der Waals surface area contributed by atoms with Crippen molar-refractivity contribution < 1.29 is 9.53 Å². The molecule has 0 saturated carbocycles. The van der Waals surface area contributed by atoms with Gasteiger partial charge in [-0.2, -0.15) is 0 Å². The topological polar surface area (TPSA) is 66.0 Å². The second-order valence-corrected chi connectivity index (χ2v) is 7.28. The van der Waals surface area contributed by atoms with Crippen LogP contribution in [0, 0.1) is 6.92 Å². The van der Waals surface area contributed by atoms with Gasteiger partial charge in [0.15, 0.2) is 5.96 Å². The first kappa shape index (κ1) is 23.0. The molecule has 0 radical (unpaired) electrons. The van der Waals surface area contributed by atoms with Crippen LogP contribution in [0.4, 0.5) is 4.79 Å². The number of aryl methyl sites for hydroxylation is 1. The van der Waals surface area contributed by atoms with E-state index in [4.69, 9.17) is 4.74 Å². The van der Waals surface area contributed by atoms with Gasteiger partial charge in [-0.25, -0.2) is 4.79 Å². The summed E-state index contributed by atoms with van der Waals surface area (Å²) in [5, 5.41) is 8.54. The lowest BCUT2D eigenvalue weighted by Crippen LogP contribution is -2.42. The Labute approximate surface area is 166 Å². The molecule has 0 fully saturated rings. The van der Waals surface area contributed by atoms with Crippen LogP contribution >= 0.6 is 35.3 Å². The van der Waals surface area contributed by atoms with Gasteiger partial charge < -0.3 is 20.3 Å². The number of ether oxygens (including phenoxy) is 1. The van der Waals surface area contributed by atoms with Crippen molar-refractivity contribution in [1.82, 2.24) is 15.5 Å². The molecule has 0 unspecified atom stereocenters. The van der Waals surface area contributed by atoms with Crippen LogP contribution in [0.5, 0.6) is 0 Å². The Balaban J connectivity index is 0.00000529. The number of carbonyl (C=O) groups is 1. The zero-order valence-corrected chi connectivity index (χ0v) is 18.5. The number of rotatable bonds is 5. The van der Waals surface area contributed by atoms with Gasteiger partial charge in [-0.1, -0.05) is 0 Å². The van der Waals surface area contributed by atoms with E-state index in [1.54, 1.807) is 30.3 Å². The SMILES string of the molecule is CN=C(NCCN(C)C(=O)OC(C)(C)C)NCc1sccc1C.I. The van der Waals surface area contributed by atoms with Crippen LogP contribution in [-0.4, -0.2) is 49.7 Å². The Morgan fingerprint density at radius 1 is 1.38 bits per heavy atom. The molecule has 1 aromatic rings. The standard InChI is InChI=1S/C16H28N4O2S.HI/c1-12-7-10-23-13(12)11-19-14(17-5)18-8-9-20(6)15(21)22-16(2,3)4;/h7,10H,8-9,11H2,1-6H3,(H2,17,18,19);1H. The summed E-state index contributed by atoms with van der Waals surface area (Å²) in [5.41, 5.74) is 0.803.